The normalized spacial score (nSPS) is 18.5. The number of unbranched alkanes of at least 4 members (excludes halogenated alkanes) is 1. The molecule has 0 aliphatic carbocycles. The lowest BCUT2D eigenvalue weighted by Gasteiger charge is -2.29. The van der Waals surface area contributed by atoms with Gasteiger partial charge in [0.2, 0.25) is 11.8 Å². The van der Waals surface area contributed by atoms with E-state index >= 15 is 0 Å². The fourth-order valence-corrected chi connectivity index (χ4v) is 6.66. The summed E-state index contributed by atoms with van der Waals surface area (Å²) in [7, 11) is 1.50. The van der Waals surface area contributed by atoms with Gasteiger partial charge in [-0.1, -0.05) is 67.6 Å². The molecular formula is C32H37N5O5S2. The number of carbonyl (C=O) groups is 5. The summed E-state index contributed by atoms with van der Waals surface area (Å²) in [6.07, 6.45) is 4.62. The van der Waals surface area contributed by atoms with Crippen molar-refractivity contribution >= 4 is 65.2 Å². The van der Waals surface area contributed by atoms with Crippen LogP contribution in [0.2, 0.25) is 0 Å². The van der Waals surface area contributed by atoms with E-state index in [2.05, 4.69) is 29.9 Å². The average Bonchev–Trinajstić information content (AvgIpc) is 3.54. The van der Waals surface area contributed by atoms with Crippen molar-refractivity contribution in [2.45, 2.75) is 62.9 Å². The van der Waals surface area contributed by atoms with Crippen molar-refractivity contribution in [2.75, 3.05) is 19.3 Å². The van der Waals surface area contributed by atoms with E-state index in [1.807, 2.05) is 30.3 Å². The maximum Gasteiger partial charge on any atom is 0.261 e. The van der Waals surface area contributed by atoms with Crippen LogP contribution in [0.25, 0.3) is 0 Å². The summed E-state index contributed by atoms with van der Waals surface area (Å²) in [6, 6.07) is 15.4. The molecule has 232 valence electrons. The van der Waals surface area contributed by atoms with Crippen LogP contribution in [0, 0.1) is 0 Å². The molecule has 0 radical (unpaired) electrons. The Kier molecular flexibility index (Phi) is 11.1. The van der Waals surface area contributed by atoms with Crippen LogP contribution in [0.5, 0.6) is 0 Å². The summed E-state index contributed by atoms with van der Waals surface area (Å²) >= 11 is 5.22. The first-order valence-corrected chi connectivity index (χ1v) is 16.1. The van der Waals surface area contributed by atoms with Gasteiger partial charge < -0.3 is 10.2 Å². The number of hydrogen-bond acceptors (Lipinski definition) is 9. The largest absolute Gasteiger partial charge is 0.332 e. The number of aliphatic imine (C=N–C) groups is 2. The molecule has 0 spiro atoms. The van der Waals surface area contributed by atoms with Gasteiger partial charge in [-0.05, 0) is 37.8 Å². The highest BCUT2D eigenvalue weighted by atomic mass is 32.2. The fourth-order valence-electron chi connectivity index (χ4n) is 5.30. The summed E-state index contributed by atoms with van der Waals surface area (Å²) in [5.41, 5.74) is 0.820. The monoisotopic (exact) mass is 635 g/mol. The standard InChI is InChI=1S/C32H37N5O5S2/c1-4-5-17-32(22-12-7-6-8-13-22)33-19-27(35-32)34-28(39)25(20-43)36(3)31(42)26(44-21(2)38)16-11-18-37-29(40)23-14-9-10-15-24(23)30(37)41/h6-10,12-15,19,25-26,43H,4-5,11,16-18,20H2,1-3H3,(H,34,35,39)/t25?,26-,32-/m0/s1. The second kappa shape index (κ2) is 14.8. The summed E-state index contributed by atoms with van der Waals surface area (Å²) in [5, 5.41) is 1.74. The number of thioether (sulfide) groups is 1. The minimum absolute atomic E-state index is 0.0324. The molecule has 2 aromatic rings. The number of carbonyl (C=O) groups excluding carboxylic acids is 5. The smallest absolute Gasteiger partial charge is 0.261 e. The zero-order valence-electron chi connectivity index (χ0n) is 25.1. The third-order valence-corrected chi connectivity index (χ3v) is 9.07. The lowest BCUT2D eigenvalue weighted by atomic mass is 9.95. The SMILES string of the molecule is CCCC[C@]1(c2ccccc2)N=CC(NC(=O)C(CS)N(C)C(=O)[C@H](CCCN2C(=O)c3ccccc3C2=O)SC(C)=O)=N1. The second-order valence-corrected chi connectivity index (χ2v) is 12.5. The number of amides is 4. The Morgan fingerprint density at radius 2 is 1.66 bits per heavy atom. The molecule has 1 N–H and O–H groups in total. The number of nitrogens with one attached hydrogen (secondary N) is 1. The van der Waals surface area contributed by atoms with E-state index in [4.69, 9.17) is 4.99 Å². The van der Waals surface area contributed by atoms with Gasteiger partial charge in [0.15, 0.2) is 10.8 Å². The Hall–Kier alpha value is -3.77. The number of benzene rings is 2. The molecule has 2 heterocycles. The molecule has 0 saturated carbocycles. The first kappa shape index (κ1) is 33.1. The quantitative estimate of drug-likeness (QED) is 0.252. The first-order valence-electron chi connectivity index (χ1n) is 14.6. The maximum atomic E-state index is 13.6. The van der Waals surface area contributed by atoms with Gasteiger partial charge in [-0.3, -0.25) is 33.9 Å². The number of imide groups is 1. The number of nitrogens with zero attached hydrogens (tertiary/aromatic N) is 4. The van der Waals surface area contributed by atoms with Crippen molar-refractivity contribution in [3.05, 3.63) is 71.3 Å². The van der Waals surface area contributed by atoms with E-state index in [-0.39, 0.29) is 35.6 Å². The van der Waals surface area contributed by atoms with Gasteiger partial charge in [0.1, 0.15) is 11.9 Å². The summed E-state index contributed by atoms with van der Waals surface area (Å²) in [4.78, 5) is 76.4. The van der Waals surface area contributed by atoms with Crippen LogP contribution < -0.4 is 5.32 Å². The average molecular weight is 636 g/mol. The number of rotatable bonds is 13. The molecule has 1 unspecified atom stereocenters. The maximum absolute atomic E-state index is 13.6. The van der Waals surface area contributed by atoms with E-state index in [9.17, 15) is 24.0 Å². The van der Waals surface area contributed by atoms with Crippen molar-refractivity contribution < 1.29 is 24.0 Å². The fraction of sp³-hybridized carbons (Fsp3) is 0.406. The molecule has 12 heteroatoms. The van der Waals surface area contributed by atoms with Gasteiger partial charge in [-0.15, -0.1) is 0 Å². The van der Waals surface area contributed by atoms with Crippen molar-refractivity contribution in [2.24, 2.45) is 9.98 Å². The number of thiol groups is 1. The molecule has 0 fully saturated rings. The van der Waals surface area contributed by atoms with Crippen molar-refractivity contribution in [3.8, 4) is 0 Å². The Labute approximate surface area is 267 Å². The molecule has 10 nitrogen and oxygen atoms in total. The molecule has 4 rings (SSSR count). The molecule has 0 saturated heterocycles. The van der Waals surface area contributed by atoms with Crippen LogP contribution >= 0.6 is 24.4 Å². The first-order chi connectivity index (χ1) is 21.1. The predicted molar refractivity (Wildman–Crippen MR) is 175 cm³/mol. The van der Waals surface area contributed by atoms with Gasteiger partial charge in [0, 0.05) is 31.8 Å². The lowest BCUT2D eigenvalue weighted by Crippen LogP contribution is -2.52. The van der Waals surface area contributed by atoms with Gasteiger partial charge in [0.25, 0.3) is 11.8 Å². The van der Waals surface area contributed by atoms with Crippen LogP contribution in [0.4, 0.5) is 0 Å². The molecule has 4 amide bonds. The topological polar surface area (TPSA) is 129 Å². The number of hydrogen-bond donors (Lipinski definition) is 2. The second-order valence-electron chi connectivity index (χ2n) is 10.7. The highest BCUT2D eigenvalue weighted by molar-refractivity contribution is 8.14. The Balaban J connectivity index is 1.41. The summed E-state index contributed by atoms with van der Waals surface area (Å²) in [5.74, 6) is -1.31. The van der Waals surface area contributed by atoms with Crippen LogP contribution in [0.15, 0.2) is 64.6 Å². The highest BCUT2D eigenvalue weighted by Gasteiger charge is 2.37. The molecule has 0 aromatic heterocycles. The number of fused-ring (bicyclic) bond motifs is 1. The highest BCUT2D eigenvalue weighted by Crippen LogP contribution is 2.35. The Morgan fingerprint density at radius 1 is 1.02 bits per heavy atom. The number of amidine groups is 1. The third-order valence-electron chi connectivity index (χ3n) is 7.67. The molecule has 0 bridgehead atoms. The molecular weight excluding hydrogens is 599 g/mol. The molecule has 3 atom stereocenters. The molecule has 2 aromatic carbocycles. The zero-order valence-corrected chi connectivity index (χ0v) is 26.8. The third kappa shape index (κ3) is 7.29. The minimum Gasteiger partial charge on any atom is -0.332 e. The molecule has 2 aliphatic heterocycles. The Bertz CT molecular complexity index is 1450. The van der Waals surface area contributed by atoms with Gasteiger partial charge in [-0.25, -0.2) is 4.99 Å². The van der Waals surface area contributed by atoms with E-state index in [0.717, 1.165) is 35.1 Å². The van der Waals surface area contributed by atoms with E-state index in [1.165, 1.54) is 18.9 Å². The van der Waals surface area contributed by atoms with Gasteiger partial charge in [0.05, 0.1) is 22.6 Å². The molecule has 2 aliphatic rings. The zero-order chi connectivity index (χ0) is 31.9. The van der Waals surface area contributed by atoms with E-state index < -0.39 is 28.8 Å². The predicted octanol–water partition coefficient (Wildman–Crippen LogP) is 4.11. The van der Waals surface area contributed by atoms with Crippen LogP contribution in [-0.2, 0) is 20.0 Å². The van der Waals surface area contributed by atoms with Gasteiger partial charge >= 0.3 is 0 Å². The summed E-state index contributed by atoms with van der Waals surface area (Å²) < 4.78 is 0. The Morgan fingerprint density at radius 3 is 2.25 bits per heavy atom. The van der Waals surface area contributed by atoms with Crippen molar-refractivity contribution in [1.29, 1.82) is 0 Å². The lowest BCUT2D eigenvalue weighted by molar-refractivity contribution is -0.137. The van der Waals surface area contributed by atoms with Crippen molar-refractivity contribution in [1.82, 2.24) is 15.1 Å². The van der Waals surface area contributed by atoms with E-state index in [1.54, 1.807) is 30.5 Å². The minimum atomic E-state index is -0.949. The molecule has 44 heavy (non-hydrogen) atoms. The van der Waals surface area contributed by atoms with E-state index in [0.29, 0.717) is 29.8 Å². The van der Waals surface area contributed by atoms with Crippen LogP contribution in [0.1, 0.15) is 72.2 Å². The van der Waals surface area contributed by atoms with Crippen molar-refractivity contribution in [3.63, 3.8) is 0 Å². The van der Waals surface area contributed by atoms with Crippen LogP contribution in [-0.4, -0.2) is 81.2 Å². The number of likely N-dealkylation sites (N-methyl/N-ethyl adjacent to an activating group) is 1. The summed E-state index contributed by atoms with van der Waals surface area (Å²) in [6.45, 7) is 3.57. The van der Waals surface area contributed by atoms with Crippen LogP contribution in [0.3, 0.4) is 0 Å². The van der Waals surface area contributed by atoms with Gasteiger partial charge in [-0.2, -0.15) is 12.6 Å².